The Morgan fingerprint density at radius 1 is 1.37 bits per heavy atom. The Hall–Kier alpha value is -1.79. The molecule has 0 saturated heterocycles. The largest absolute Gasteiger partial charge is 0.345 e. The molecule has 2 aromatic heterocycles. The summed E-state index contributed by atoms with van der Waals surface area (Å²) in [6.45, 7) is 3.42. The topological polar surface area (TPSA) is 54.9 Å². The Bertz CT molecular complexity index is 760. The molecule has 0 amide bonds. The number of hydrogen-bond donors (Lipinski definition) is 1. The first-order valence-electron chi connectivity index (χ1n) is 5.72. The van der Waals surface area contributed by atoms with Crippen LogP contribution >= 0.6 is 22.9 Å². The van der Waals surface area contributed by atoms with Gasteiger partial charge in [-0.2, -0.15) is 4.37 Å². The summed E-state index contributed by atoms with van der Waals surface area (Å²) >= 11 is 2.91. The first kappa shape index (κ1) is 12.3. The van der Waals surface area contributed by atoms with E-state index < -0.39 is 0 Å². The molecule has 3 aromatic rings. The van der Waals surface area contributed by atoms with Crippen LogP contribution in [-0.2, 0) is 0 Å². The molecule has 0 atom stereocenters. The van der Waals surface area contributed by atoms with Gasteiger partial charge in [-0.3, -0.25) is 4.79 Å². The maximum Gasteiger partial charge on any atom is 0.164 e. The highest BCUT2D eigenvalue weighted by molar-refractivity contribution is 7.16. The molecule has 0 bridgehead atoms. The lowest BCUT2D eigenvalue weighted by molar-refractivity contribution is 0.101. The fourth-order valence-electron chi connectivity index (χ4n) is 1.93. The average Bonchev–Trinajstić information content (AvgIpc) is 2.95. The van der Waals surface area contributed by atoms with E-state index in [1.807, 2.05) is 30.6 Å². The summed E-state index contributed by atoms with van der Waals surface area (Å²) in [6, 6.07) is 5.96. The number of thiazole rings is 1. The van der Waals surface area contributed by atoms with Crippen molar-refractivity contribution in [2.75, 3.05) is 5.32 Å². The molecule has 0 spiro atoms. The summed E-state index contributed by atoms with van der Waals surface area (Å²) in [5.41, 5.74) is 5.21. The fraction of sp³-hybridized carbons (Fsp3) is 0.154. The van der Waals surface area contributed by atoms with E-state index in [0.29, 0.717) is 5.56 Å². The van der Waals surface area contributed by atoms with Crippen molar-refractivity contribution in [3.05, 3.63) is 35.0 Å². The fourth-order valence-corrected chi connectivity index (χ4v) is 3.52. The molecule has 19 heavy (non-hydrogen) atoms. The minimum Gasteiger partial charge on any atom is -0.345 e. The van der Waals surface area contributed by atoms with Gasteiger partial charge in [0.1, 0.15) is 5.00 Å². The van der Waals surface area contributed by atoms with Crippen LogP contribution in [0.3, 0.4) is 0 Å². The second-order valence-electron chi connectivity index (χ2n) is 4.19. The van der Waals surface area contributed by atoms with E-state index in [4.69, 9.17) is 0 Å². The molecular weight excluding hydrogens is 278 g/mol. The van der Waals surface area contributed by atoms with Crippen LogP contribution in [0.5, 0.6) is 0 Å². The van der Waals surface area contributed by atoms with Gasteiger partial charge in [0.05, 0.1) is 27.0 Å². The van der Waals surface area contributed by atoms with Crippen molar-refractivity contribution in [1.82, 2.24) is 9.36 Å². The lowest BCUT2D eigenvalue weighted by Gasteiger charge is -2.05. The molecule has 1 N–H and O–H groups in total. The van der Waals surface area contributed by atoms with Crippen LogP contribution < -0.4 is 5.32 Å². The third-order valence-electron chi connectivity index (χ3n) is 2.80. The van der Waals surface area contributed by atoms with Gasteiger partial charge in [0.15, 0.2) is 5.78 Å². The minimum absolute atomic E-state index is 0.0348. The zero-order chi connectivity index (χ0) is 13.4. The zero-order valence-electron chi connectivity index (χ0n) is 10.4. The highest BCUT2D eigenvalue weighted by Gasteiger charge is 2.15. The van der Waals surface area contributed by atoms with Gasteiger partial charge in [0.25, 0.3) is 0 Å². The van der Waals surface area contributed by atoms with Crippen molar-refractivity contribution >= 4 is 49.6 Å². The van der Waals surface area contributed by atoms with Gasteiger partial charge in [-0.1, -0.05) is 0 Å². The molecule has 3 rings (SSSR count). The van der Waals surface area contributed by atoms with Gasteiger partial charge in [-0.25, -0.2) is 4.98 Å². The smallest absolute Gasteiger partial charge is 0.164 e. The van der Waals surface area contributed by atoms with Crippen molar-refractivity contribution in [3.8, 4) is 0 Å². The van der Waals surface area contributed by atoms with Gasteiger partial charge < -0.3 is 5.32 Å². The summed E-state index contributed by atoms with van der Waals surface area (Å²) in [6.07, 6.45) is 0. The Morgan fingerprint density at radius 2 is 2.21 bits per heavy atom. The van der Waals surface area contributed by atoms with Crippen LogP contribution in [0.25, 0.3) is 10.2 Å². The number of benzene rings is 1. The first-order valence-corrected chi connectivity index (χ1v) is 7.38. The number of carbonyl (C=O) groups is 1. The van der Waals surface area contributed by atoms with Gasteiger partial charge in [0.2, 0.25) is 0 Å². The third-order valence-corrected chi connectivity index (χ3v) is 4.45. The van der Waals surface area contributed by atoms with Crippen molar-refractivity contribution in [2.45, 2.75) is 13.8 Å². The molecule has 0 radical (unpaired) electrons. The van der Waals surface area contributed by atoms with Crippen LogP contribution in [0, 0.1) is 6.92 Å². The van der Waals surface area contributed by atoms with Gasteiger partial charge in [0, 0.05) is 5.69 Å². The Kier molecular flexibility index (Phi) is 3.04. The predicted molar refractivity (Wildman–Crippen MR) is 79.8 cm³/mol. The van der Waals surface area contributed by atoms with E-state index in [1.54, 1.807) is 18.3 Å². The highest BCUT2D eigenvalue weighted by atomic mass is 32.1. The molecule has 2 heterocycles. The number of ketones is 1. The van der Waals surface area contributed by atoms with E-state index in [-0.39, 0.29) is 5.78 Å². The maximum atomic E-state index is 11.6. The van der Waals surface area contributed by atoms with Crippen LogP contribution in [0.1, 0.15) is 23.0 Å². The Labute approximate surface area is 118 Å². The van der Waals surface area contributed by atoms with E-state index in [2.05, 4.69) is 14.7 Å². The molecule has 4 nitrogen and oxygen atoms in total. The molecule has 0 aliphatic carbocycles. The number of hydrogen-bond acceptors (Lipinski definition) is 6. The minimum atomic E-state index is 0.0348. The van der Waals surface area contributed by atoms with Crippen LogP contribution in [-0.4, -0.2) is 15.1 Å². The van der Waals surface area contributed by atoms with Gasteiger partial charge in [-0.15, -0.1) is 11.3 Å². The normalized spacial score (nSPS) is 10.8. The van der Waals surface area contributed by atoms with Gasteiger partial charge in [-0.05, 0) is 43.6 Å². The number of anilines is 2. The molecule has 0 aliphatic rings. The zero-order valence-corrected chi connectivity index (χ0v) is 12.1. The molecule has 0 saturated carbocycles. The molecule has 0 unspecified atom stereocenters. The summed E-state index contributed by atoms with van der Waals surface area (Å²) in [5, 5.41) is 4.07. The summed E-state index contributed by atoms with van der Waals surface area (Å²) in [4.78, 5) is 15.9. The lowest BCUT2D eigenvalue weighted by Crippen LogP contribution is -1.98. The molecule has 6 heteroatoms. The molecular formula is C13H11N3OS2. The second kappa shape index (κ2) is 4.71. The maximum absolute atomic E-state index is 11.6. The number of fused-ring (bicyclic) bond motifs is 1. The third kappa shape index (κ3) is 2.24. The lowest BCUT2D eigenvalue weighted by atomic mass is 10.2. The Morgan fingerprint density at radius 3 is 3.00 bits per heavy atom. The summed E-state index contributed by atoms with van der Waals surface area (Å²) < 4.78 is 5.36. The van der Waals surface area contributed by atoms with E-state index in [0.717, 1.165) is 26.6 Å². The van der Waals surface area contributed by atoms with E-state index in [9.17, 15) is 4.79 Å². The van der Waals surface area contributed by atoms with Crippen LogP contribution in [0.4, 0.5) is 10.7 Å². The van der Waals surface area contributed by atoms with E-state index in [1.165, 1.54) is 11.5 Å². The number of nitrogens with one attached hydrogen (secondary N) is 1. The number of rotatable bonds is 3. The van der Waals surface area contributed by atoms with Gasteiger partial charge >= 0.3 is 0 Å². The Balaban J connectivity index is 1.98. The van der Waals surface area contributed by atoms with Crippen molar-refractivity contribution in [1.29, 1.82) is 0 Å². The predicted octanol–water partition coefficient (Wildman–Crippen LogP) is 4.01. The molecule has 0 aliphatic heterocycles. The molecule has 1 aromatic carbocycles. The molecule has 0 fully saturated rings. The van der Waals surface area contributed by atoms with Crippen LogP contribution in [0.15, 0.2) is 23.7 Å². The standard InChI is InChI=1S/C13H11N3OS2/c1-7-12(8(2)17)13(19-16-7)15-9-3-4-10-11(5-9)18-6-14-10/h3-6,15H,1-2H3. The van der Waals surface area contributed by atoms with Crippen LogP contribution in [0.2, 0.25) is 0 Å². The summed E-state index contributed by atoms with van der Waals surface area (Å²) in [7, 11) is 0. The second-order valence-corrected chi connectivity index (χ2v) is 5.85. The number of nitrogens with zero attached hydrogens (tertiary/aromatic N) is 2. The first-order chi connectivity index (χ1) is 9.15. The highest BCUT2D eigenvalue weighted by Crippen LogP contribution is 2.30. The molecule has 96 valence electrons. The number of aromatic nitrogens is 2. The van der Waals surface area contributed by atoms with Crippen molar-refractivity contribution in [2.24, 2.45) is 0 Å². The van der Waals surface area contributed by atoms with E-state index >= 15 is 0 Å². The van der Waals surface area contributed by atoms with Crippen molar-refractivity contribution < 1.29 is 4.79 Å². The average molecular weight is 289 g/mol. The monoisotopic (exact) mass is 289 g/mol. The SMILES string of the molecule is CC(=O)c1c(C)nsc1Nc1ccc2ncsc2c1. The number of carbonyl (C=O) groups excluding carboxylic acids is 1. The number of Topliss-reactive ketones (excluding diaryl/α,β-unsaturated/α-hetero) is 1. The van der Waals surface area contributed by atoms with Crippen molar-refractivity contribution in [3.63, 3.8) is 0 Å². The quantitative estimate of drug-likeness (QED) is 0.740. The summed E-state index contributed by atoms with van der Waals surface area (Å²) in [5.74, 6) is 0.0348. The number of aryl methyl sites for hydroxylation is 1.